The van der Waals surface area contributed by atoms with Crippen LogP contribution in [0.1, 0.15) is 31.0 Å². The van der Waals surface area contributed by atoms with Gasteiger partial charge in [0.2, 0.25) is 5.75 Å². The zero-order chi connectivity index (χ0) is 33.1. The Morgan fingerprint density at radius 1 is 0.978 bits per heavy atom. The molecule has 5 rings (SSSR count). The van der Waals surface area contributed by atoms with Crippen molar-refractivity contribution in [1.82, 2.24) is 4.57 Å². The largest absolute Gasteiger partial charge is 0.497 e. The molecule has 0 radical (unpaired) electrons. The highest BCUT2D eigenvalue weighted by molar-refractivity contribution is 7.07. The summed E-state index contributed by atoms with van der Waals surface area (Å²) in [5.74, 6) is 0.103. The van der Waals surface area contributed by atoms with Gasteiger partial charge in [0.15, 0.2) is 16.3 Å². The van der Waals surface area contributed by atoms with E-state index in [-0.39, 0.29) is 35.0 Å². The van der Waals surface area contributed by atoms with Gasteiger partial charge in [-0.15, -0.1) is 0 Å². The van der Waals surface area contributed by atoms with Gasteiger partial charge in [0.25, 0.3) is 11.2 Å². The number of thiazole rings is 1. The number of rotatable bonds is 10. The summed E-state index contributed by atoms with van der Waals surface area (Å²) in [4.78, 5) is 53.1. The molecule has 1 aliphatic rings. The average molecular weight is 647 g/mol. The summed E-state index contributed by atoms with van der Waals surface area (Å²) >= 11 is 1.14. The van der Waals surface area contributed by atoms with Crippen molar-refractivity contribution >= 4 is 34.8 Å². The Bertz CT molecular complexity index is 2080. The maximum Gasteiger partial charge on any atom is 0.338 e. The quantitative estimate of drug-likeness (QED) is 0.136. The van der Waals surface area contributed by atoms with Crippen LogP contribution in [0.5, 0.6) is 23.0 Å². The molecule has 236 valence electrons. The lowest BCUT2D eigenvalue weighted by Gasteiger charge is -2.24. The molecule has 1 aliphatic heterocycles. The summed E-state index contributed by atoms with van der Waals surface area (Å²) in [6.07, 6.45) is 1.62. The molecule has 4 aromatic rings. The van der Waals surface area contributed by atoms with E-state index in [0.717, 1.165) is 29.5 Å². The number of non-ortho nitro benzene ring substituents is 1. The lowest BCUT2D eigenvalue weighted by atomic mass is 9.96. The normalized spacial score (nSPS) is 14.3. The molecule has 0 unspecified atom stereocenters. The fraction of sp³-hybridized carbons (Fsp3) is 0.194. The molecular formula is C31H26N4O10S. The Labute approximate surface area is 264 Å². The number of allylic oxidation sites excluding steroid dienone is 1. The second-order valence-electron chi connectivity index (χ2n) is 9.75. The summed E-state index contributed by atoms with van der Waals surface area (Å²) in [5, 5.41) is 22.6. The van der Waals surface area contributed by atoms with E-state index in [4.69, 9.17) is 18.9 Å². The van der Waals surface area contributed by atoms with E-state index < -0.39 is 33.2 Å². The third-order valence-electron chi connectivity index (χ3n) is 7.00. The van der Waals surface area contributed by atoms with Crippen molar-refractivity contribution in [3.8, 4) is 23.0 Å². The van der Waals surface area contributed by atoms with E-state index in [1.165, 1.54) is 17.7 Å². The molecule has 1 aromatic heterocycles. The standard InChI is InChI=1S/C31H26N4O10S/c1-5-44-30(37)27-17(2)32-31-33(28(27)19-7-10-21(42-3)11-8-19)29(36)26(46-31)15-18-6-12-24(25(14-18)43-4)45-23-13-9-20(34(38)39)16-22(23)35(40)41/h6-16,28H,5H2,1-4H3/b26-15-/t28-/m1/s1. The Kier molecular flexibility index (Phi) is 8.95. The first-order valence-electron chi connectivity index (χ1n) is 13.7. The van der Waals surface area contributed by atoms with Crippen molar-refractivity contribution in [1.29, 1.82) is 0 Å². The highest BCUT2D eigenvalue weighted by Crippen LogP contribution is 2.38. The topological polar surface area (TPSA) is 175 Å². The van der Waals surface area contributed by atoms with E-state index in [1.807, 2.05) is 0 Å². The second kappa shape index (κ2) is 13.0. The zero-order valence-corrected chi connectivity index (χ0v) is 25.7. The average Bonchev–Trinajstić information content (AvgIpc) is 3.34. The Morgan fingerprint density at radius 2 is 1.70 bits per heavy atom. The van der Waals surface area contributed by atoms with Gasteiger partial charge >= 0.3 is 11.7 Å². The van der Waals surface area contributed by atoms with E-state index in [9.17, 15) is 29.8 Å². The molecular weight excluding hydrogens is 620 g/mol. The molecule has 0 amide bonds. The number of fused-ring (bicyclic) bond motifs is 1. The maximum absolute atomic E-state index is 13.9. The number of nitrogens with zero attached hydrogens (tertiary/aromatic N) is 4. The third-order valence-corrected chi connectivity index (χ3v) is 7.99. The van der Waals surface area contributed by atoms with E-state index >= 15 is 0 Å². The number of hydrogen-bond acceptors (Lipinski definition) is 12. The zero-order valence-electron chi connectivity index (χ0n) is 24.9. The van der Waals surface area contributed by atoms with Gasteiger partial charge in [-0.1, -0.05) is 29.5 Å². The van der Waals surface area contributed by atoms with Crippen molar-refractivity contribution < 1.29 is 33.6 Å². The van der Waals surface area contributed by atoms with Gasteiger partial charge in [-0.3, -0.25) is 29.6 Å². The predicted octanol–water partition coefficient (Wildman–Crippen LogP) is 4.42. The highest BCUT2D eigenvalue weighted by Gasteiger charge is 2.33. The molecule has 0 saturated heterocycles. The van der Waals surface area contributed by atoms with Crippen LogP contribution >= 0.6 is 11.3 Å². The molecule has 0 bridgehead atoms. The number of carbonyl (C=O) groups is 1. The van der Waals surface area contributed by atoms with Crippen LogP contribution in [-0.2, 0) is 9.53 Å². The van der Waals surface area contributed by atoms with Crippen molar-refractivity contribution in [2.75, 3.05) is 20.8 Å². The molecule has 1 atom stereocenters. The number of nitro groups is 2. The summed E-state index contributed by atoms with van der Waals surface area (Å²) < 4.78 is 23.6. The third kappa shape index (κ3) is 6.08. The summed E-state index contributed by atoms with van der Waals surface area (Å²) in [6.45, 7) is 3.54. The molecule has 0 N–H and O–H groups in total. The first-order chi connectivity index (χ1) is 22.1. The lowest BCUT2D eigenvalue weighted by molar-refractivity contribution is -0.394. The SMILES string of the molecule is CCOC(=O)C1=C(C)N=c2s/c(=C\c3ccc(Oc4ccc([N+](=O)[O-])cc4[N+](=O)[O-])c(OC)c3)c(=O)n2[C@@H]1c1ccc(OC)cc1. The van der Waals surface area contributed by atoms with Gasteiger partial charge in [0, 0.05) is 6.07 Å². The molecule has 0 spiro atoms. The van der Waals surface area contributed by atoms with Crippen LogP contribution in [0.3, 0.4) is 0 Å². The number of hydrogen-bond donors (Lipinski definition) is 0. The number of benzene rings is 3. The van der Waals surface area contributed by atoms with Gasteiger partial charge in [-0.05, 0) is 61.4 Å². The molecule has 14 nitrogen and oxygen atoms in total. The summed E-state index contributed by atoms with van der Waals surface area (Å²) in [7, 11) is 2.91. The number of carbonyl (C=O) groups excluding carboxylic acids is 1. The molecule has 0 saturated carbocycles. The molecule has 0 aliphatic carbocycles. The minimum absolute atomic E-state index is 0.104. The highest BCUT2D eigenvalue weighted by atomic mass is 32.1. The van der Waals surface area contributed by atoms with Gasteiger partial charge in [-0.25, -0.2) is 9.79 Å². The Hall–Kier alpha value is -5.83. The van der Waals surface area contributed by atoms with Crippen molar-refractivity contribution in [2.45, 2.75) is 19.9 Å². The van der Waals surface area contributed by atoms with Crippen LogP contribution in [-0.4, -0.2) is 41.2 Å². The number of esters is 1. The minimum Gasteiger partial charge on any atom is -0.497 e. The fourth-order valence-corrected chi connectivity index (χ4v) is 5.92. The summed E-state index contributed by atoms with van der Waals surface area (Å²) in [6, 6.07) is 14.0. The summed E-state index contributed by atoms with van der Waals surface area (Å²) in [5.41, 5.74) is 0.431. The minimum atomic E-state index is -0.800. The number of nitro benzene ring substituents is 2. The fourth-order valence-electron chi connectivity index (χ4n) is 4.87. The van der Waals surface area contributed by atoms with Crippen LogP contribution in [0.2, 0.25) is 0 Å². The Morgan fingerprint density at radius 3 is 2.33 bits per heavy atom. The first kappa shape index (κ1) is 31.6. The molecule has 46 heavy (non-hydrogen) atoms. The lowest BCUT2D eigenvalue weighted by Crippen LogP contribution is -2.39. The van der Waals surface area contributed by atoms with Gasteiger partial charge in [0.1, 0.15) is 5.75 Å². The van der Waals surface area contributed by atoms with Crippen LogP contribution in [0.25, 0.3) is 6.08 Å². The van der Waals surface area contributed by atoms with Crippen LogP contribution in [0, 0.1) is 20.2 Å². The first-order valence-corrected chi connectivity index (χ1v) is 14.5. The van der Waals surface area contributed by atoms with Crippen LogP contribution < -0.4 is 29.1 Å². The smallest absolute Gasteiger partial charge is 0.338 e. The van der Waals surface area contributed by atoms with Gasteiger partial charge in [0.05, 0.1) is 58.6 Å². The van der Waals surface area contributed by atoms with E-state index in [1.54, 1.807) is 63.4 Å². The predicted molar refractivity (Wildman–Crippen MR) is 166 cm³/mol. The molecule has 15 heteroatoms. The van der Waals surface area contributed by atoms with E-state index in [0.29, 0.717) is 31.9 Å². The van der Waals surface area contributed by atoms with Crippen molar-refractivity contribution in [3.63, 3.8) is 0 Å². The van der Waals surface area contributed by atoms with Crippen LogP contribution in [0.4, 0.5) is 11.4 Å². The van der Waals surface area contributed by atoms with Crippen LogP contribution in [0.15, 0.2) is 81.7 Å². The second-order valence-corrected chi connectivity index (χ2v) is 10.8. The number of methoxy groups -OCH3 is 2. The monoisotopic (exact) mass is 646 g/mol. The van der Waals surface area contributed by atoms with Crippen molar-refractivity contribution in [2.24, 2.45) is 4.99 Å². The number of aromatic nitrogens is 1. The molecule has 2 heterocycles. The molecule has 3 aromatic carbocycles. The van der Waals surface area contributed by atoms with Gasteiger partial charge < -0.3 is 18.9 Å². The van der Waals surface area contributed by atoms with Crippen molar-refractivity contribution in [3.05, 3.63) is 123 Å². The Balaban J connectivity index is 1.57. The van der Waals surface area contributed by atoms with E-state index in [2.05, 4.69) is 4.99 Å². The maximum atomic E-state index is 13.9. The number of ether oxygens (including phenoxy) is 4. The molecule has 0 fully saturated rings. The van der Waals surface area contributed by atoms with Gasteiger partial charge in [-0.2, -0.15) is 0 Å².